The van der Waals surface area contributed by atoms with Crippen LogP contribution in [0.25, 0.3) is 0 Å². The molecule has 124 valence electrons. The van der Waals surface area contributed by atoms with E-state index < -0.39 is 0 Å². The maximum atomic E-state index is 11.7. The molecule has 0 saturated carbocycles. The molecule has 2 aromatic carbocycles. The highest BCUT2D eigenvalue weighted by atomic mass is 35.5. The highest BCUT2D eigenvalue weighted by molar-refractivity contribution is 6.35. The maximum Gasteiger partial charge on any atom is 0.306 e. The third-order valence-corrected chi connectivity index (χ3v) is 3.73. The summed E-state index contributed by atoms with van der Waals surface area (Å²) in [6, 6.07) is 14.1. The Morgan fingerprint density at radius 1 is 1.08 bits per heavy atom. The predicted octanol–water partition coefficient (Wildman–Crippen LogP) is 4.42. The molecule has 4 nitrogen and oxygen atoms in total. The fraction of sp³-hybridized carbons (Fsp3) is 0.222. The Labute approximate surface area is 150 Å². The topological polar surface area (TPSA) is 59.3 Å². The van der Waals surface area contributed by atoms with Gasteiger partial charge in [0.2, 0.25) is 0 Å². The van der Waals surface area contributed by atoms with E-state index in [1.54, 1.807) is 30.3 Å². The average molecular weight is 364 g/mol. The van der Waals surface area contributed by atoms with Gasteiger partial charge in [-0.05, 0) is 42.3 Å². The lowest BCUT2D eigenvalue weighted by Crippen LogP contribution is -2.12. The SMILES string of the molecule is N#Cc1ccc(CCC(=O)OCCOc2ccc(Cl)cc2Cl)cc1. The minimum atomic E-state index is -0.301. The van der Waals surface area contributed by atoms with E-state index in [9.17, 15) is 4.79 Å². The largest absolute Gasteiger partial charge is 0.488 e. The predicted molar refractivity (Wildman–Crippen MR) is 92.4 cm³/mol. The third-order valence-electron chi connectivity index (χ3n) is 3.20. The molecule has 0 aliphatic carbocycles. The van der Waals surface area contributed by atoms with Crippen LogP contribution < -0.4 is 4.74 Å². The number of nitriles is 1. The normalized spacial score (nSPS) is 10.0. The average Bonchev–Trinajstić information content (AvgIpc) is 2.59. The molecular formula is C18H15Cl2NO3. The number of aryl methyl sites for hydroxylation is 1. The van der Waals surface area contributed by atoms with Crippen LogP contribution in [0.3, 0.4) is 0 Å². The van der Waals surface area contributed by atoms with Gasteiger partial charge >= 0.3 is 5.97 Å². The van der Waals surface area contributed by atoms with E-state index in [0.29, 0.717) is 27.8 Å². The Morgan fingerprint density at radius 3 is 2.50 bits per heavy atom. The summed E-state index contributed by atoms with van der Waals surface area (Å²) < 4.78 is 10.5. The summed E-state index contributed by atoms with van der Waals surface area (Å²) in [5.41, 5.74) is 1.58. The molecule has 0 amide bonds. The molecule has 0 spiro atoms. The number of ether oxygens (including phenoxy) is 2. The van der Waals surface area contributed by atoms with Gasteiger partial charge in [0.25, 0.3) is 0 Å². The van der Waals surface area contributed by atoms with E-state index in [2.05, 4.69) is 6.07 Å². The quantitative estimate of drug-likeness (QED) is 0.539. The van der Waals surface area contributed by atoms with Crippen molar-refractivity contribution in [2.45, 2.75) is 12.8 Å². The van der Waals surface area contributed by atoms with Crippen molar-refractivity contribution in [3.63, 3.8) is 0 Å². The number of carbonyl (C=O) groups is 1. The molecule has 0 heterocycles. The zero-order chi connectivity index (χ0) is 17.4. The van der Waals surface area contributed by atoms with Crippen LogP contribution in [0, 0.1) is 11.3 Å². The summed E-state index contributed by atoms with van der Waals surface area (Å²) in [6.45, 7) is 0.356. The van der Waals surface area contributed by atoms with Crippen molar-refractivity contribution < 1.29 is 14.3 Å². The van der Waals surface area contributed by atoms with Gasteiger partial charge in [0.05, 0.1) is 16.7 Å². The van der Waals surface area contributed by atoms with Crippen LogP contribution in [-0.2, 0) is 16.0 Å². The lowest BCUT2D eigenvalue weighted by molar-refractivity contribution is -0.144. The van der Waals surface area contributed by atoms with Crippen molar-refractivity contribution in [1.82, 2.24) is 0 Å². The molecule has 0 bridgehead atoms. The van der Waals surface area contributed by atoms with E-state index in [4.69, 9.17) is 37.9 Å². The Bertz CT molecular complexity index is 739. The maximum absolute atomic E-state index is 11.7. The first-order valence-corrected chi connectivity index (χ1v) is 8.06. The number of hydrogen-bond donors (Lipinski definition) is 0. The third kappa shape index (κ3) is 5.77. The molecule has 0 unspecified atom stereocenters. The van der Waals surface area contributed by atoms with E-state index in [0.717, 1.165) is 5.56 Å². The van der Waals surface area contributed by atoms with E-state index in [-0.39, 0.29) is 25.6 Å². The van der Waals surface area contributed by atoms with Crippen LogP contribution in [0.2, 0.25) is 10.0 Å². The van der Waals surface area contributed by atoms with E-state index in [1.165, 1.54) is 0 Å². The van der Waals surface area contributed by atoms with Gasteiger partial charge in [0.15, 0.2) is 0 Å². The van der Waals surface area contributed by atoms with Gasteiger partial charge in [-0.25, -0.2) is 0 Å². The highest BCUT2D eigenvalue weighted by Gasteiger charge is 2.06. The second kappa shape index (κ2) is 9.17. The number of nitrogens with zero attached hydrogens (tertiary/aromatic N) is 1. The lowest BCUT2D eigenvalue weighted by Gasteiger charge is -2.09. The molecule has 2 aromatic rings. The molecule has 0 atom stereocenters. The number of rotatable bonds is 7. The minimum Gasteiger partial charge on any atom is -0.488 e. The summed E-state index contributed by atoms with van der Waals surface area (Å²) in [5, 5.41) is 9.67. The molecule has 0 N–H and O–H groups in total. The van der Waals surface area contributed by atoms with Crippen LogP contribution >= 0.6 is 23.2 Å². The molecule has 0 aliphatic heterocycles. The van der Waals surface area contributed by atoms with Gasteiger partial charge in [0.1, 0.15) is 19.0 Å². The van der Waals surface area contributed by atoms with Gasteiger partial charge in [0, 0.05) is 11.4 Å². The molecule has 0 radical (unpaired) electrons. The molecule has 0 saturated heterocycles. The van der Waals surface area contributed by atoms with Crippen molar-refractivity contribution in [1.29, 1.82) is 5.26 Å². The first-order chi connectivity index (χ1) is 11.6. The molecule has 0 aliphatic rings. The van der Waals surface area contributed by atoms with Crippen LogP contribution in [0.1, 0.15) is 17.5 Å². The van der Waals surface area contributed by atoms with Gasteiger partial charge in [-0.3, -0.25) is 4.79 Å². The summed E-state index contributed by atoms with van der Waals surface area (Å²) in [7, 11) is 0. The van der Waals surface area contributed by atoms with Crippen LogP contribution in [0.15, 0.2) is 42.5 Å². The smallest absolute Gasteiger partial charge is 0.306 e. The van der Waals surface area contributed by atoms with Gasteiger partial charge < -0.3 is 9.47 Å². The number of hydrogen-bond acceptors (Lipinski definition) is 4. The molecule has 24 heavy (non-hydrogen) atoms. The monoisotopic (exact) mass is 363 g/mol. The summed E-state index contributed by atoms with van der Waals surface area (Å²) in [6.07, 6.45) is 0.835. The molecular weight excluding hydrogens is 349 g/mol. The number of carbonyl (C=O) groups excluding carboxylic acids is 1. The number of esters is 1. The first-order valence-electron chi connectivity index (χ1n) is 7.31. The van der Waals surface area contributed by atoms with Crippen molar-refractivity contribution >= 4 is 29.2 Å². The lowest BCUT2D eigenvalue weighted by atomic mass is 10.1. The second-order valence-corrected chi connectivity index (χ2v) is 5.80. The summed E-state index contributed by atoms with van der Waals surface area (Å²) >= 11 is 11.8. The fourth-order valence-electron chi connectivity index (χ4n) is 1.96. The van der Waals surface area contributed by atoms with Crippen LogP contribution in [-0.4, -0.2) is 19.2 Å². The Hall–Kier alpha value is -2.22. The highest BCUT2D eigenvalue weighted by Crippen LogP contribution is 2.27. The summed E-state index contributed by atoms with van der Waals surface area (Å²) in [5.74, 6) is 0.194. The standard InChI is InChI=1S/C18H15Cl2NO3/c19-15-6-7-17(16(20)11-15)23-9-10-24-18(22)8-5-13-1-3-14(12-21)4-2-13/h1-4,6-7,11H,5,8-10H2. The van der Waals surface area contributed by atoms with Crippen LogP contribution in [0.5, 0.6) is 5.75 Å². The van der Waals surface area contributed by atoms with Crippen molar-refractivity contribution in [3.8, 4) is 11.8 Å². The zero-order valence-corrected chi connectivity index (χ0v) is 14.3. The Balaban J connectivity index is 1.66. The van der Waals surface area contributed by atoms with E-state index in [1.807, 2.05) is 12.1 Å². The van der Waals surface area contributed by atoms with Crippen molar-refractivity contribution in [2.75, 3.05) is 13.2 Å². The molecule has 0 aromatic heterocycles. The molecule has 0 fully saturated rings. The zero-order valence-electron chi connectivity index (χ0n) is 12.8. The van der Waals surface area contributed by atoms with Gasteiger partial charge in [-0.1, -0.05) is 35.3 Å². The van der Waals surface area contributed by atoms with Gasteiger partial charge in [-0.15, -0.1) is 0 Å². The molecule has 2 rings (SSSR count). The Morgan fingerprint density at radius 2 is 1.83 bits per heavy atom. The van der Waals surface area contributed by atoms with Crippen LogP contribution in [0.4, 0.5) is 0 Å². The second-order valence-electron chi connectivity index (χ2n) is 4.95. The Kier molecular flexibility index (Phi) is 6.92. The van der Waals surface area contributed by atoms with Crippen molar-refractivity contribution in [3.05, 3.63) is 63.6 Å². The van der Waals surface area contributed by atoms with E-state index >= 15 is 0 Å². The number of benzene rings is 2. The minimum absolute atomic E-state index is 0.144. The fourth-order valence-corrected chi connectivity index (χ4v) is 2.43. The first kappa shape index (κ1) is 18.1. The van der Waals surface area contributed by atoms with Gasteiger partial charge in [-0.2, -0.15) is 5.26 Å². The van der Waals surface area contributed by atoms with Crippen molar-refractivity contribution in [2.24, 2.45) is 0 Å². The molecule has 6 heteroatoms. The summed E-state index contributed by atoms with van der Waals surface area (Å²) in [4.78, 5) is 11.7. The number of halogens is 2.